The molecule has 2 atom stereocenters. The van der Waals surface area contributed by atoms with Gasteiger partial charge in [0.15, 0.2) is 0 Å². The molecule has 2 fully saturated rings. The van der Waals surface area contributed by atoms with E-state index in [0.717, 1.165) is 44.2 Å². The lowest BCUT2D eigenvalue weighted by Gasteiger charge is -2.37. The van der Waals surface area contributed by atoms with Gasteiger partial charge in [0, 0.05) is 6.04 Å². The Morgan fingerprint density at radius 1 is 1.21 bits per heavy atom. The van der Waals surface area contributed by atoms with Gasteiger partial charge in [0.2, 0.25) is 0 Å². The molecular formula is C16H22FNO. The number of benzene rings is 1. The monoisotopic (exact) mass is 263 g/mol. The molecule has 3 rings (SSSR count). The van der Waals surface area contributed by atoms with E-state index < -0.39 is 0 Å². The molecule has 1 aromatic rings. The van der Waals surface area contributed by atoms with Crippen molar-refractivity contribution in [2.24, 2.45) is 5.92 Å². The zero-order chi connectivity index (χ0) is 13.2. The van der Waals surface area contributed by atoms with Crippen LogP contribution in [0.1, 0.15) is 43.6 Å². The number of nitrogens with one attached hydrogen (secondary N) is 1. The minimum absolute atomic E-state index is 0.0757. The Morgan fingerprint density at radius 2 is 2.05 bits per heavy atom. The maximum Gasteiger partial charge on any atom is 0.123 e. The van der Waals surface area contributed by atoms with Crippen LogP contribution in [0, 0.1) is 11.7 Å². The fraction of sp³-hybridized carbons (Fsp3) is 0.625. The zero-order valence-corrected chi connectivity index (χ0v) is 11.2. The van der Waals surface area contributed by atoms with Gasteiger partial charge in [-0.25, -0.2) is 4.39 Å². The zero-order valence-electron chi connectivity index (χ0n) is 11.2. The molecule has 3 heteroatoms. The van der Waals surface area contributed by atoms with Crippen LogP contribution >= 0.6 is 0 Å². The Kier molecular flexibility index (Phi) is 3.85. The number of aliphatic hydroxyl groups excluding tert-OH is 1. The Labute approximate surface area is 114 Å². The summed E-state index contributed by atoms with van der Waals surface area (Å²) >= 11 is 0. The van der Waals surface area contributed by atoms with Crippen molar-refractivity contribution < 1.29 is 9.50 Å². The molecule has 2 aliphatic rings. The second-order valence-corrected chi connectivity index (χ2v) is 6.16. The van der Waals surface area contributed by atoms with Gasteiger partial charge in [-0.2, -0.15) is 0 Å². The Hall–Kier alpha value is -0.930. The molecule has 0 radical (unpaired) electrons. The van der Waals surface area contributed by atoms with E-state index in [1.54, 1.807) is 12.1 Å². The van der Waals surface area contributed by atoms with Crippen molar-refractivity contribution in [1.29, 1.82) is 0 Å². The van der Waals surface area contributed by atoms with Crippen molar-refractivity contribution in [1.82, 2.24) is 5.32 Å². The maximum absolute atomic E-state index is 13.1. The second-order valence-electron chi connectivity index (χ2n) is 6.16. The van der Waals surface area contributed by atoms with Crippen molar-refractivity contribution in [3.05, 3.63) is 35.6 Å². The molecule has 2 saturated carbocycles. The van der Waals surface area contributed by atoms with Crippen LogP contribution in [0.4, 0.5) is 4.39 Å². The number of rotatable bonds is 4. The molecule has 0 bridgehead atoms. The van der Waals surface area contributed by atoms with E-state index in [1.165, 1.54) is 6.07 Å². The van der Waals surface area contributed by atoms with Gasteiger partial charge >= 0.3 is 0 Å². The lowest BCUT2D eigenvalue weighted by Crippen LogP contribution is -2.42. The molecule has 0 aromatic heterocycles. The summed E-state index contributed by atoms with van der Waals surface area (Å²) in [4.78, 5) is 0. The first-order valence-electron chi connectivity index (χ1n) is 7.37. The largest absolute Gasteiger partial charge is 0.393 e. The Balaban J connectivity index is 1.41. The number of hydrogen-bond donors (Lipinski definition) is 2. The van der Waals surface area contributed by atoms with Crippen molar-refractivity contribution in [2.45, 2.75) is 50.2 Å². The predicted molar refractivity (Wildman–Crippen MR) is 73.5 cm³/mol. The van der Waals surface area contributed by atoms with Crippen LogP contribution in [0.15, 0.2) is 24.3 Å². The highest BCUT2D eigenvalue weighted by Crippen LogP contribution is 2.37. The molecule has 0 saturated heterocycles. The predicted octanol–water partition coefficient (Wildman–Crippen LogP) is 2.82. The molecule has 19 heavy (non-hydrogen) atoms. The van der Waals surface area contributed by atoms with Gasteiger partial charge in [0.1, 0.15) is 5.82 Å². The van der Waals surface area contributed by atoms with Crippen LogP contribution < -0.4 is 5.32 Å². The third kappa shape index (κ3) is 3.15. The molecule has 2 nitrogen and oxygen atoms in total. The fourth-order valence-corrected chi connectivity index (χ4v) is 3.38. The highest BCUT2D eigenvalue weighted by molar-refractivity contribution is 5.23. The lowest BCUT2D eigenvalue weighted by atomic mass is 9.75. The van der Waals surface area contributed by atoms with Gasteiger partial charge in [-0.05, 0) is 68.2 Å². The van der Waals surface area contributed by atoms with Crippen LogP contribution in [0.3, 0.4) is 0 Å². The molecule has 0 amide bonds. The summed E-state index contributed by atoms with van der Waals surface area (Å²) in [6, 6.07) is 7.56. The summed E-state index contributed by atoms with van der Waals surface area (Å²) in [5.74, 6) is 1.03. The van der Waals surface area contributed by atoms with E-state index in [9.17, 15) is 9.50 Å². The van der Waals surface area contributed by atoms with Gasteiger partial charge < -0.3 is 10.4 Å². The van der Waals surface area contributed by atoms with Crippen LogP contribution in [0.5, 0.6) is 0 Å². The van der Waals surface area contributed by atoms with Crippen molar-refractivity contribution in [3.63, 3.8) is 0 Å². The van der Waals surface area contributed by atoms with Gasteiger partial charge in [0.05, 0.1) is 6.10 Å². The highest BCUT2D eigenvalue weighted by Gasteiger charge is 2.31. The van der Waals surface area contributed by atoms with Crippen LogP contribution in [0.2, 0.25) is 0 Å². The highest BCUT2D eigenvalue weighted by atomic mass is 19.1. The summed E-state index contributed by atoms with van der Waals surface area (Å²) < 4.78 is 13.1. The van der Waals surface area contributed by atoms with E-state index in [2.05, 4.69) is 5.32 Å². The summed E-state index contributed by atoms with van der Waals surface area (Å²) in [6.45, 7) is 1.03. The van der Waals surface area contributed by atoms with E-state index in [0.29, 0.717) is 17.9 Å². The van der Waals surface area contributed by atoms with Crippen LogP contribution in [-0.2, 0) is 0 Å². The average Bonchev–Trinajstić information content (AvgIpc) is 2.73. The minimum Gasteiger partial charge on any atom is -0.393 e. The van der Waals surface area contributed by atoms with Crippen molar-refractivity contribution in [3.8, 4) is 0 Å². The van der Waals surface area contributed by atoms with Gasteiger partial charge in [-0.3, -0.25) is 0 Å². The summed E-state index contributed by atoms with van der Waals surface area (Å²) in [6.07, 6.45) is 5.20. The molecule has 0 spiro atoms. The third-order valence-corrected chi connectivity index (χ3v) is 4.67. The molecule has 0 heterocycles. The summed E-state index contributed by atoms with van der Waals surface area (Å²) in [7, 11) is 0. The molecule has 1 aromatic carbocycles. The minimum atomic E-state index is -0.131. The second kappa shape index (κ2) is 5.59. The first-order chi connectivity index (χ1) is 9.20. The average molecular weight is 263 g/mol. The molecule has 104 valence electrons. The molecule has 2 aliphatic carbocycles. The molecule has 0 aliphatic heterocycles. The summed E-state index contributed by atoms with van der Waals surface area (Å²) in [5.41, 5.74) is 1.13. The molecule has 2 unspecified atom stereocenters. The number of halogens is 1. The van der Waals surface area contributed by atoms with Crippen LogP contribution in [0.25, 0.3) is 0 Å². The third-order valence-electron chi connectivity index (χ3n) is 4.67. The van der Waals surface area contributed by atoms with Crippen molar-refractivity contribution >= 4 is 0 Å². The van der Waals surface area contributed by atoms with E-state index in [-0.39, 0.29) is 11.9 Å². The maximum atomic E-state index is 13.1. The van der Waals surface area contributed by atoms with Crippen molar-refractivity contribution in [2.75, 3.05) is 6.54 Å². The van der Waals surface area contributed by atoms with Crippen LogP contribution in [-0.4, -0.2) is 23.8 Å². The summed E-state index contributed by atoms with van der Waals surface area (Å²) in [5, 5.41) is 13.1. The number of hydrogen-bond acceptors (Lipinski definition) is 2. The van der Waals surface area contributed by atoms with Gasteiger partial charge in [0.25, 0.3) is 0 Å². The van der Waals surface area contributed by atoms with Gasteiger partial charge in [-0.15, -0.1) is 0 Å². The fourth-order valence-electron chi connectivity index (χ4n) is 3.38. The lowest BCUT2D eigenvalue weighted by molar-refractivity contribution is 0.176. The smallest absolute Gasteiger partial charge is 0.123 e. The van der Waals surface area contributed by atoms with E-state index in [1.807, 2.05) is 6.07 Å². The normalized spacial score (nSPS) is 34.2. The number of aliphatic hydroxyl groups is 1. The SMILES string of the molecule is OC1CCC(CNC2CC(c3cccc(F)c3)C2)C1. The van der Waals surface area contributed by atoms with E-state index in [4.69, 9.17) is 0 Å². The molecular weight excluding hydrogens is 241 g/mol. The Morgan fingerprint density at radius 3 is 2.74 bits per heavy atom. The quantitative estimate of drug-likeness (QED) is 0.875. The molecule has 2 N–H and O–H groups in total. The first kappa shape index (κ1) is 13.1. The van der Waals surface area contributed by atoms with E-state index >= 15 is 0 Å². The van der Waals surface area contributed by atoms with Gasteiger partial charge in [-0.1, -0.05) is 12.1 Å². The topological polar surface area (TPSA) is 32.3 Å². The standard InChI is InChI=1S/C16H22FNO/c17-14-3-1-2-12(7-14)13-8-15(9-13)18-10-11-4-5-16(19)6-11/h1-3,7,11,13,15-16,18-19H,4-6,8-10H2. The Bertz CT molecular complexity index is 431. The first-order valence-corrected chi connectivity index (χ1v) is 7.37.